The number of benzene rings is 2. The monoisotopic (exact) mass is 545 g/mol. The van der Waals surface area contributed by atoms with Crippen LogP contribution in [0.5, 0.6) is 5.75 Å². The molecule has 0 saturated heterocycles. The molecule has 0 bridgehead atoms. The van der Waals surface area contributed by atoms with Gasteiger partial charge in [-0.3, -0.25) is 14.4 Å². The van der Waals surface area contributed by atoms with Gasteiger partial charge in [-0.1, -0.05) is 52.0 Å². The number of Topliss-reactive ketones (excluding diaryl/α,β-unsaturated/α-hetero) is 2. The molecule has 0 atom stereocenters. The zero-order valence-electron chi connectivity index (χ0n) is 23.6. The number of ether oxygens (including phenoxy) is 1. The van der Waals surface area contributed by atoms with Gasteiger partial charge in [-0.05, 0) is 59.1 Å². The van der Waals surface area contributed by atoms with Gasteiger partial charge in [0.15, 0.2) is 11.6 Å². The average Bonchev–Trinajstić information content (AvgIpc) is 2.84. The van der Waals surface area contributed by atoms with Crippen LogP contribution in [0.15, 0.2) is 71.1 Å². The number of allylic oxidation sites excluding steroid dienone is 4. The Balaban J connectivity index is 1.62. The SMILES string of the molecule is CC1(C)CC(=O)C2=C(C1)N(CCC(=O)O)C1=C(C(=O)CC(C)(C)C1)C2c1cccc(OCc2cccc(F)c2)c1. The molecule has 0 saturated carbocycles. The van der Waals surface area contributed by atoms with Crippen molar-refractivity contribution >= 4 is 17.5 Å². The molecular formula is C33H36FNO5. The number of carboxylic acids is 1. The molecule has 210 valence electrons. The molecule has 0 aromatic heterocycles. The molecule has 2 aliphatic carbocycles. The lowest BCUT2D eigenvalue weighted by Gasteiger charge is -2.49. The van der Waals surface area contributed by atoms with E-state index in [1.807, 2.05) is 29.2 Å². The van der Waals surface area contributed by atoms with E-state index in [1.165, 1.54) is 12.1 Å². The van der Waals surface area contributed by atoms with Gasteiger partial charge >= 0.3 is 5.97 Å². The van der Waals surface area contributed by atoms with Crippen molar-refractivity contribution in [2.45, 2.75) is 72.3 Å². The zero-order valence-corrected chi connectivity index (χ0v) is 23.6. The van der Waals surface area contributed by atoms with Gasteiger partial charge in [0, 0.05) is 47.8 Å². The molecule has 0 unspecified atom stereocenters. The number of carbonyl (C=O) groups is 3. The van der Waals surface area contributed by atoms with Crippen LogP contribution in [0.3, 0.4) is 0 Å². The summed E-state index contributed by atoms with van der Waals surface area (Å²) in [4.78, 5) is 41.3. The minimum absolute atomic E-state index is 0.00755. The van der Waals surface area contributed by atoms with Crippen LogP contribution in [0.4, 0.5) is 4.39 Å². The molecule has 2 aromatic carbocycles. The first-order valence-corrected chi connectivity index (χ1v) is 13.8. The summed E-state index contributed by atoms with van der Waals surface area (Å²) < 4.78 is 19.7. The Morgan fingerprint density at radius 3 is 2.10 bits per heavy atom. The van der Waals surface area contributed by atoms with Crippen molar-refractivity contribution in [2.75, 3.05) is 6.54 Å². The van der Waals surface area contributed by atoms with E-state index in [0.717, 1.165) is 17.0 Å². The van der Waals surface area contributed by atoms with Crippen LogP contribution in [0.1, 0.15) is 76.8 Å². The number of rotatable bonds is 7. The van der Waals surface area contributed by atoms with E-state index >= 15 is 0 Å². The zero-order chi connectivity index (χ0) is 28.8. The first-order chi connectivity index (χ1) is 18.8. The van der Waals surface area contributed by atoms with Crippen LogP contribution in [0.25, 0.3) is 0 Å². The van der Waals surface area contributed by atoms with Crippen LogP contribution in [-0.2, 0) is 21.0 Å². The molecule has 6 nitrogen and oxygen atoms in total. The van der Waals surface area contributed by atoms with Crippen molar-refractivity contribution in [3.63, 3.8) is 0 Å². The van der Waals surface area contributed by atoms with Crippen LogP contribution in [0, 0.1) is 16.6 Å². The number of carboxylic acid groups (broad SMARTS) is 1. The Morgan fingerprint density at radius 2 is 1.52 bits per heavy atom. The van der Waals surface area contributed by atoms with E-state index in [-0.39, 0.29) is 47.8 Å². The highest BCUT2D eigenvalue weighted by molar-refractivity contribution is 6.06. The molecule has 5 rings (SSSR count). The molecule has 0 fully saturated rings. The minimum atomic E-state index is -0.919. The Kier molecular flexibility index (Phi) is 7.19. The predicted octanol–water partition coefficient (Wildman–Crippen LogP) is 6.57. The maximum Gasteiger partial charge on any atom is 0.305 e. The maximum absolute atomic E-state index is 13.8. The molecule has 2 aromatic rings. The summed E-state index contributed by atoms with van der Waals surface area (Å²) in [6.45, 7) is 8.61. The van der Waals surface area contributed by atoms with Crippen LogP contribution < -0.4 is 4.74 Å². The Bertz CT molecular complexity index is 1400. The number of carbonyl (C=O) groups excluding carboxylic acids is 2. The van der Waals surface area contributed by atoms with Crippen molar-refractivity contribution in [1.82, 2.24) is 4.90 Å². The van der Waals surface area contributed by atoms with Gasteiger partial charge in [0.25, 0.3) is 0 Å². The number of ketones is 2. The van der Waals surface area contributed by atoms with E-state index in [1.54, 1.807) is 12.1 Å². The van der Waals surface area contributed by atoms with Crippen molar-refractivity contribution in [2.24, 2.45) is 10.8 Å². The van der Waals surface area contributed by atoms with Crippen molar-refractivity contribution in [3.8, 4) is 5.75 Å². The molecule has 0 amide bonds. The van der Waals surface area contributed by atoms with Gasteiger partial charge in [-0.25, -0.2) is 4.39 Å². The second-order valence-electron chi connectivity index (χ2n) is 12.8. The smallest absolute Gasteiger partial charge is 0.305 e. The van der Waals surface area contributed by atoms with Gasteiger partial charge in [-0.2, -0.15) is 0 Å². The normalized spacial score (nSPS) is 20.4. The summed E-state index contributed by atoms with van der Waals surface area (Å²) in [5, 5.41) is 9.53. The van der Waals surface area contributed by atoms with Crippen LogP contribution in [0.2, 0.25) is 0 Å². The molecule has 0 radical (unpaired) electrons. The van der Waals surface area contributed by atoms with E-state index in [0.29, 0.717) is 48.1 Å². The van der Waals surface area contributed by atoms with Gasteiger partial charge in [-0.15, -0.1) is 0 Å². The van der Waals surface area contributed by atoms with Gasteiger partial charge < -0.3 is 14.7 Å². The second kappa shape index (κ2) is 10.3. The Morgan fingerprint density at radius 1 is 0.925 bits per heavy atom. The number of nitrogens with zero attached hydrogens (tertiary/aromatic N) is 1. The van der Waals surface area contributed by atoms with Gasteiger partial charge in [0.2, 0.25) is 0 Å². The lowest BCUT2D eigenvalue weighted by molar-refractivity contribution is -0.137. The second-order valence-corrected chi connectivity index (χ2v) is 12.8. The molecular weight excluding hydrogens is 509 g/mol. The molecule has 7 heteroatoms. The summed E-state index contributed by atoms with van der Waals surface area (Å²) in [7, 11) is 0. The standard InChI is InChI=1S/C33H36FNO5/c1-32(2)15-24-30(26(36)17-32)29(21-8-6-10-23(14-21)40-19-20-7-5-9-22(34)13-20)31-25(35(24)12-11-28(38)39)16-33(3,4)18-27(31)37/h5-10,13-14,29H,11-12,15-19H2,1-4H3,(H,38,39). The highest BCUT2D eigenvalue weighted by atomic mass is 19.1. The molecule has 40 heavy (non-hydrogen) atoms. The van der Waals surface area contributed by atoms with Crippen molar-refractivity contribution in [1.29, 1.82) is 0 Å². The van der Waals surface area contributed by atoms with Crippen molar-refractivity contribution < 1.29 is 28.6 Å². The summed E-state index contributed by atoms with van der Waals surface area (Å²) in [6, 6.07) is 13.7. The predicted molar refractivity (Wildman–Crippen MR) is 149 cm³/mol. The molecule has 1 heterocycles. The number of halogens is 1. The van der Waals surface area contributed by atoms with Gasteiger partial charge in [0.05, 0.1) is 6.42 Å². The molecule has 1 aliphatic heterocycles. The maximum atomic E-state index is 13.8. The first kappa shape index (κ1) is 27.8. The molecule has 3 aliphatic rings. The summed E-state index contributed by atoms with van der Waals surface area (Å²) in [6.07, 6.45) is 1.85. The fourth-order valence-corrected chi connectivity index (χ4v) is 6.44. The van der Waals surface area contributed by atoms with Crippen LogP contribution >= 0.6 is 0 Å². The van der Waals surface area contributed by atoms with E-state index < -0.39 is 11.9 Å². The lowest BCUT2D eigenvalue weighted by Crippen LogP contribution is -2.45. The minimum Gasteiger partial charge on any atom is -0.489 e. The lowest BCUT2D eigenvalue weighted by atomic mass is 9.63. The van der Waals surface area contributed by atoms with Crippen LogP contribution in [-0.4, -0.2) is 34.1 Å². The molecule has 0 spiro atoms. The number of aliphatic carboxylic acids is 1. The van der Waals surface area contributed by atoms with E-state index in [4.69, 9.17) is 4.74 Å². The Hall–Kier alpha value is -3.74. The number of hydrogen-bond acceptors (Lipinski definition) is 5. The highest BCUT2D eigenvalue weighted by Gasteiger charge is 2.49. The summed E-state index contributed by atoms with van der Waals surface area (Å²) in [5.74, 6) is -1.25. The average molecular weight is 546 g/mol. The Labute approximate surface area is 234 Å². The number of hydrogen-bond donors (Lipinski definition) is 1. The fourth-order valence-electron chi connectivity index (χ4n) is 6.44. The summed E-state index contributed by atoms with van der Waals surface area (Å²) >= 11 is 0. The largest absolute Gasteiger partial charge is 0.489 e. The van der Waals surface area contributed by atoms with Crippen molar-refractivity contribution in [3.05, 3.63) is 88.0 Å². The molecule has 1 N–H and O–H groups in total. The topological polar surface area (TPSA) is 83.9 Å². The third kappa shape index (κ3) is 5.60. The van der Waals surface area contributed by atoms with Gasteiger partial charge in [0.1, 0.15) is 18.2 Å². The van der Waals surface area contributed by atoms with E-state index in [2.05, 4.69) is 27.7 Å². The highest BCUT2D eigenvalue weighted by Crippen LogP contribution is 2.54. The fraction of sp³-hybridized carbons (Fsp3) is 0.424. The third-order valence-electron chi connectivity index (χ3n) is 8.06. The summed E-state index contributed by atoms with van der Waals surface area (Å²) in [5.41, 5.74) is 3.77. The first-order valence-electron chi connectivity index (χ1n) is 13.8. The van der Waals surface area contributed by atoms with E-state index in [9.17, 15) is 23.9 Å². The quantitative estimate of drug-likeness (QED) is 0.424. The third-order valence-corrected chi connectivity index (χ3v) is 8.06.